The lowest BCUT2D eigenvalue weighted by atomic mass is 10.3. The molecule has 0 saturated heterocycles. The van der Waals surface area contributed by atoms with Crippen LogP contribution in [0.15, 0.2) is 26.5 Å². The Morgan fingerprint density at radius 1 is 1.17 bits per heavy atom. The SMILES string of the molecule is Fc1cc(Cl)c(NCc2cc(Br)c(Br)s2)c(Cl)c1. The normalized spacial score (nSPS) is 10.7. The second kappa shape index (κ2) is 6.09. The van der Waals surface area contributed by atoms with Crippen molar-refractivity contribution in [3.63, 3.8) is 0 Å². The standard InChI is InChI=1S/C11H6Br2Cl2FNS/c12-7-3-6(18-11(7)13)4-17-10-8(14)1-5(16)2-9(10)15/h1-3,17H,4H2. The van der Waals surface area contributed by atoms with Gasteiger partial charge in [0.05, 0.1) is 19.5 Å². The van der Waals surface area contributed by atoms with Crippen LogP contribution in [-0.2, 0) is 6.54 Å². The molecule has 18 heavy (non-hydrogen) atoms. The van der Waals surface area contributed by atoms with E-state index in [1.807, 2.05) is 6.07 Å². The van der Waals surface area contributed by atoms with Gasteiger partial charge in [0.2, 0.25) is 0 Å². The Kier molecular flexibility index (Phi) is 4.94. The van der Waals surface area contributed by atoms with Gasteiger partial charge in [-0.05, 0) is 50.1 Å². The maximum Gasteiger partial charge on any atom is 0.126 e. The van der Waals surface area contributed by atoms with Crippen LogP contribution in [0, 0.1) is 5.82 Å². The van der Waals surface area contributed by atoms with E-state index in [1.165, 1.54) is 12.1 Å². The van der Waals surface area contributed by atoms with Crippen molar-refractivity contribution in [1.82, 2.24) is 0 Å². The van der Waals surface area contributed by atoms with Crippen LogP contribution < -0.4 is 5.32 Å². The quantitative estimate of drug-likeness (QED) is 0.596. The number of anilines is 1. The molecule has 0 fully saturated rings. The predicted octanol–water partition coefficient (Wildman–Crippen LogP) is 6.33. The summed E-state index contributed by atoms with van der Waals surface area (Å²) in [6.07, 6.45) is 0. The summed E-state index contributed by atoms with van der Waals surface area (Å²) < 4.78 is 15.0. The van der Waals surface area contributed by atoms with Gasteiger partial charge in [-0.25, -0.2) is 4.39 Å². The number of halogens is 5. The number of nitrogens with one attached hydrogen (secondary N) is 1. The molecule has 1 aromatic carbocycles. The zero-order valence-electron chi connectivity index (χ0n) is 8.74. The van der Waals surface area contributed by atoms with Crippen LogP contribution >= 0.6 is 66.4 Å². The first-order valence-corrected chi connectivity index (χ1v) is 7.95. The highest BCUT2D eigenvalue weighted by Crippen LogP contribution is 2.35. The highest BCUT2D eigenvalue weighted by Gasteiger charge is 2.09. The Hall–Kier alpha value is 0.190. The van der Waals surface area contributed by atoms with E-state index < -0.39 is 5.82 Å². The van der Waals surface area contributed by atoms with Crippen molar-refractivity contribution in [2.45, 2.75) is 6.54 Å². The molecule has 0 aliphatic rings. The lowest BCUT2D eigenvalue weighted by Crippen LogP contribution is -1.99. The van der Waals surface area contributed by atoms with Crippen LogP contribution in [-0.4, -0.2) is 0 Å². The van der Waals surface area contributed by atoms with E-state index in [-0.39, 0.29) is 10.0 Å². The third kappa shape index (κ3) is 3.39. The van der Waals surface area contributed by atoms with Gasteiger partial charge in [0.1, 0.15) is 5.82 Å². The summed E-state index contributed by atoms with van der Waals surface area (Å²) in [5, 5.41) is 3.65. The first-order valence-electron chi connectivity index (χ1n) is 4.79. The van der Waals surface area contributed by atoms with Crippen LogP contribution in [0.1, 0.15) is 4.88 Å². The second-order valence-corrected chi connectivity index (χ2v) is 7.56. The Labute approximate surface area is 135 Å². The van der Waals surface area contributed by atoms with Gasteiger partial charge < -0.3 is 5.32 Å². The van der Waals surface area contributed by atoms with E-state index in [2.05, 4.69) is 37.2 Å². The summed E-state index contributed by atoms with van der Waals surface area (Å²) in [7, 11) is 0. The fourth-order valence-corrected chi connectivity index (χ4v) is 4.08. The van der Waals surface area contributed by atoms with Gasteiger partial charge in [-0.1, -0.05) is 23.2 Å². The minimum Gasteiger partial charge on any atom is -0.378 e. The monoisotopic (exact) mass is 431 g/mol. The van der Waals surface area contributed by atoms with Crippen LogP contribution in [0.2, 0.25) is 10.0 Å². The van der Waals surface area contributed by atoms with Crippen molar-refractivity contribution >= 4 is 72.1 Å². The molecule has 1 aromatic heterocycles. The van der Waals surface area contributed by atoms with E-state index >= 15 is 0 Å². The molecule has 0 radical (unpaired) electrons. The van der Waals surface area contributed by atoms with Gasteiger partial charge >= 0.3 is 0 Å². The van der Waals surface area contributed by atoms with Crippen molar-refractivity contribution in [3.8, 4) is 0 Å². The van der Waals surface area contributed by atoms with Crippen LogP contribution in [0.4, 0.5) is 10.1 Å². The molecule has 0 saturated carbocycles. The van der Waals surface area contributed by atoms with Gasteiger partial charge in [-0.2, -0.15) is 0 Å². The molecular weight excluding hydrogens is 428 g/mol. The molecule has 2 rings (SSSR count). The Morgan fingerprint density at radius 2 is 1.78 bits per heavy atom. The molecule has 96 valence electrons. The van der Waals surface area contributed by atoms with Gasteiger partial charge in [-0.15, -0.1) is 11.3 Å². The largest absolute Gasteiger partial charge is 0.378 e. The van der Waals surface area contributed by atoms with Crippen LogP contribution in [0.3, 0.4) is 0 Å². The van der Waals surface area contributed by atoms with Crippen molar-refractivity contribution in [3.05, 3.63) is 47.2 Å². The summed E-state index contributed by atoms with van der Waals surface area (Å²) in [4.78, 5) is 1.10. The van der Waals surface area contributed by atoms with E-state index in [9.17, 15) is 4.39 Å². The topological polar surface area (TPSA) is 12.0 Å². The molecule has 0 bridgehead atoms. The molecular formula is C11H6Br2Cl2FNS. The van der Waals surface area contributed by atoms with Crippen LogP contribution in [0.25, 0.3) is 0 Å². The molecule has 0 amide bonds. The zero-order valence-corrected chi connectivity index (χ0v) is 14.2. The number of rotatable bonds is 3. The summed E-state index contributed by atoms with van der Waals surface area (Å²) in [5.41, 5.74) is 0.542. The van der Waals surface area contributed by atoms with E-state index in [0.29, 0.717) is 12.2 Å². The van der Waals surface area contributed by atoms with Crippen molar-refractivity contribution in [2.24, 2.45) is 0 Å². The van der Waals surface area contributed by atoms with E-state index in [0.717, 1.165) is 13.1 Å². The van der Waals surface area contributed by atoms with Gasteiger partial charge in [0, 0.05) is 15.9 Å². The van der Waals surface area contributed by atoms with Crippen molar-refractivity contribution in [2.75, 3.05) is 5.32 Å². The first kappa shape index (κ1) is 14.6. The number of hydrogen-bond donors (Lipinski definition) is 1. The van der Waals surface area contributed by atoms with Gasteiger partial charge in [-0.3, -0.25) is 0 Å². The molecule has 1 heterocycles. The number of benzene rings is 1. The molecule has 7 heteroatoms. The van der Waals surface area contributed by atoms with Gasteiger partial charge in [0.25, 0.3) is 0 Å². The Balaban J connectivity index is 2.15. The number of thiophene rings is 1. The fourth-order valence-electron chi connectivity index (χ4n) is 1.37. The minimum absolute atomic E-state index is 0.273. The maximum absolute atomic E-state index is 13.0. The smallest absolute Gasteiger partial charge is 0.126 e. The van der Waals surface area contributed by atoms with Crippen LogP contribution in [0.5, 0.6) is 0 Å². The molecule has 2 aromatic rings. The summed E-state index contributed by atoms with van der Waals surface area (Å²) in [5.74, 6) is -0.447. The predicted molar refractivity (Wildman–Crippen MR) is 83.5 cm³/mol. The van der Waals surface area contributed by atoms with Crippen molar-refractivity contribution in [1.29, 1.82) is 0 Å². The molecule has 0 aliphatic carbocycles. The second-order valence-electron chi connectivity index (χ2n) is 3.43. The van der Waals surface area contributed by atoms with Gasteiger partial charge in [0.15, 0.2) is 0 Å². The summed E-state index contributed by atoms with van der Waals surface area (Å²) in [6, 6.07) is 4.46. The third-order valence-corrected chi connectivity index (χ3v) is 5.99. The Morgan fingerprint density at radius 3 is 2.28 bits per heavy atom. The van der Waals surface area contributed by atoms with E-state index in [4.69, 9.17) is 23.2 Å². The molecule has 1 N–H and O–H groups in total. The first-order chi connectivity index (χ1) is 8.47. The highest BCUT2D eigenvalue weighted by molar-refractivity contribution is 9.13. The summed E-state index contributed by atoms with van der Waals surface area (Å²) in [6.45, 7) is 0.569. The number of hydrogen-bond acceptors (Lipinski definition) is 2. The lowest BCUT2D eigenvalue weighted by molar-refractivity contribution is 0.628. The third-order valence-electron chi connectivity index (χ3n) is 2.14. The van der Waals surface area contributed by atoms with Crippen molar-refractivity contribution < 1.29 is 4.39 Å². The average Bonchev–Trinajstić information content (AvgIpc) is 2.56. The Bertz CT molecular complexity index is 546. The molecule has 0 unspecified atom stereocenters. The molecule has 0 atom stereocenters. The molecule has 0 aliphatic heterocycles. The fraction of sp³-hybridized carbons (Fsp3) is 0.0909. The highest BCUT2D eigenvalue weighted by atomic mass is 79.9. The maximum atomic E-state index is 13.0. The zero-order chi connectivity index (χ0) is 13.3. The van der Waals surface area contributed by atoms with E-state index in [1.54, 1.807) is 11.3 Å². The molecule has 1 nitrogen and oxygen atoms in total. The molecule has 0 spiro atoms. The average molecular weight is 434 g/mol. The minimum atomic E-state index is -0.447. The lowest BCUT2D eigenvalue weighted by Gasteiger charge is -2.09. The summed E-state index contributed by atoms with van der Waals surface area (Å²) >= 11 is 20.3.